The quantitative estimate of drug-likeness (QED) is 0.270. The minimum atomic E-state index is -0.646. The van der Waals surface area contributed by atoms with Crippen molar-refractivity contribution >= 4 is 22.8 Å². The molecule has 1 aromatic carbocycles. The van der Waals surface area contributed by atoms with Crippen LogP contribution in [0.2, 0.25) is 0 Å². The molecule has 3 aromatic heterocycles. The number of hydrogen-bond acceptors (Lipinski definition) is 8. The summed E-state index contributed by atoms with van der Waals surface area (Å²) in [6, 6.07) is 7.33. The molecule has 4 heterocycles. The molecule has 1 aliphatic rings. The first-order chi connectivity index (χ1) is 19.9. The van der Waals surface area contributed by atoms with Gasteiger partial charge in [0.05, 0.1) is 23.9 Å². The molecule has 0 radical (unpaired) electrons. The number of aryl methyl sites for hydroxylation is 1. The first kappa shape index (κ1) is 29.9. The van der Waals surface area contributed by atoms with Gasteiger partial charge in [0.15, 0.2) is 11.6 Å². The Bertz CT molecular complexity index is 1560. The lowest BCUT2D eigenvalue weighted by atomic mass is 9.94. The molecule has 1 fully saturated rings. The molecule has 4 aromatic rings. The number of benzene rings is 1. The van der Waals surface area contributed by atoms with Crippen molar-refractivity contribution in [2.45, 2.75) is 65.3 Å². The molecule has 11 heteroatoms. The molecule has 9 nitrogen and oxygen atoms in total. The fourth-order valence-electron chi connectivity index (χ4n) is 5.74. The van der Waals surface area contributed by atoms with Crippen molar-refractivity contribution < 1.29 is 13.5 Å². The van der Waals surface area contributed by atoms with Gasteiger partial charge in [0.25, 0.3) is 0 Å². The van der Waals surface area contributed by atoms with Crippen LogP contribution in [0.1, 0.15) is 51.5 Å². The fourth-order valence-corrected chi connectivity index (χ4v) is 5.74. The number of morpholine rings is 1. The van der Waals surface area contributed by atoms with Crippen LogP contribution in [-0.4, -0.2) is 79.7 Å². The Morgan fingerprint density at radius 2 is 1.86 bits per heavy atom. The average Bonchev–Trinajstić information content (AvgIpc) is 3.27. The van der Waals surface area contributed by atoms with E-state index in [1.54, 1.807) is 6.07 Å². The Balaban J connectivity index is 1.30. The number of pyridine rings is 1. The van der Waals surface area contributed by atoms with Crippen molar-refractivity contribution in [1.29, 1.82) is 0 Å². The van der Waals surface area contributed by atoms with Crippen molar-refractivity contribution in [2.24, 2.45) is 0 Å². The van der Waals surface area contributed by atoms with Crippen molar-refractivity contribution in [3.8, 4) is 11.3 Å². The molecule has 0 spiro atoms. The summed E-state index contributed by atoms with van der Waals surface area (Å²) in [6.07, 6.45) is 3.86. The highest BCUT2D eigenvalue weighted by molar-refractivity contribution is 5.83. The van der Waals surface area contributed by atoms with Crippen LogP contribution in [0.5, 0.6) is 0 Å². The van der Waals surface area contributed by atoms with Gasteiger partial charge in [0, 0.05) is 43.5 Å². The summed E-state index contributed by atoms with van der Waals surface area (Å²) in [5.41, 5.74) is 2.03. The van der Waals surface area contributed by atoms with Gasteiger partial charge in [0.1, 0.15) is 22.9 Å². The van der Waals surface area contributed by atoms with Crippen LogP contribution in [0.4, 0.5) is 20.5 Å². The van der Waals surface area contributed by atoms with Gasteiger partial charge in [-0.2, -0.15) is 0 Å². The number of imidazole rings is 1. The predicted octanol–water partition coefficient (Wildman–Crippen LogP) is 5.73. The monoisotopic (exact) mass is 578 g/mol. The molecule has 0 bridgehead atoms. The van der Waals surface area contributed by atoms with Crippen LogP contribution in [0, 0.1) is 18.6 Å². The zero-order valence-corrected chi connectivity index (χ0v) is 25.4. The molecule has 42 heavy (non-hydrogen) atoms. The van der Waals surface area contributed by atoms with E-state index < -0.39 is 11.6 Å². The zero-order chi connectivity index (χ0) is 30.2. The molecule has 0 aliphatic carbocycles. The van der Waals surface area contributed by atoms with E-state index in [1.165, 1.54) is 6.07 Å². The summed E-state index contributed by atoms with van der Waals surface area (Å²) in [5, 5.41) is 3.05. The highest BCUT2D eigenvalue weighted by Gasteiger charge is 2.34. The molecule has 0 saturated carbocycles. The van der Waals surface area contributed by atoms with Crippen LogP contribution in [-0.2, 0) is 11.3 Å². The van der Waals surface area contributed by atoms with Gasteiger partial charge in [-0.1, -0.05) is 6.07 Å². The van der Waals surface area contributed by atoms with E-state index in [4.69, 9.17) is 4.74 Å². The molecule has 1 N–H and O–H groups in total. The van der Waals surface area contributed by atoms with E-state index in [2.05, 4.69) is 63.0 Å². The predicted molar refractivity (Wildman–Crippen MR) is 161 cm³/mol. The van der Waals surface area contributed by atoms with Crippen molar-refractivity contribution in [3.05, 3.63) is 59.7 Å². The maximum Gasteiger partial charge on any atom is 0.229 e. The van der Waals surface area contributed by atoms with Crippen LogP contribution in [0.3, 0.4) is 0 Å². The van der Waals surface area contributed by atoms with Crippen LogP contribution in [0.15, 0.2) is 36.7 Å². The summed E-state index contributed by atoms with van der Waals surface area (Å²) < 4.78 is 38.0. The van der Waals surface area contributed by atoms with Gasteiger partial charge in [-0.05, 0) is 78.9 Å². The number of anilines is 2. The topological polar surface area (TPSA) is 84.2 Å². The van der Waals surface area contributed by atoms with E-state index in [1.807, 2.05) is 43.7 Å². The molecule has 0 amide bonds. The molecular formula is C31H40F2N8O. The number of hydrogen-bond donors (Lipinski definition) is 1. The minimum Gasteiger partial charge on any atom is -0.373 e. The standard InChI is InChI=1S/C31H40F2N8O/c1-19(2)41-21(4)36-29-24(32)12-23(13-26(29)41)28-25(33)16-35-30(38-28)37-27-9-8-22(15-34-27)17-40-10-11-42-31(5,18-40)14-20(3)39(6)7/h8-9,12-13,15-16,19-20H,10-11,14,17-18H2,1-7H3,(H,34,35,37,38)/t20?,31-/m0/s1. The minimum absolute atomic E-state index is 0.00182. The highest BCUT2D eigenvalue weighted by atomic mass is 19.1. The van der Waals surface area contributed by atoms with Crippen LogP contribution in [0.25, 0.3) is 22.3 Å². The molecule has 224 valence electrons. The third kappa shape index (κ3) is 6.43. The maximum atomic E-state index is 15.0. The Kier molecular flexibility index (Phi) is 8.54. The van der Waals surface area contributed by atoms with E-state index in [-0.39, 0.29) is 28.8 Å². The van der Waals surface area contributed by atoms with Crippen LogP contribution >= 0.6 is 0 Å². The second kappa shape index (κ2) is 12.0. The largest absolute Gasteiger partial charge is 0.373 e. The molecule has 2 atom stereocenters. The Morgan fingerprint density at radius 3 is 2.55 bits per heavy atom. The number of fused-ring (bicyclic) bond motifs is 1. The molecule has 1 saturated heterocycles. The van der Waals surface area contributed by atoms with E-state index >= 15 is 4.39 Å². The Labute approximate surface area is 246 Å². The summed E-state index contributed by atoms with van der Waals surface area (Å²) >= 11 is 0. The second-order valence-corrected chi connectivity index (χ2v) is 12.0. The van der Waals surface area contributed by atoms with Crippen LogP contribution < -0.4 is 5.32 Å². The third-order valence-corrected chi connectivity index (χ3v) is 7.95. The first-order valence-corrected chi connectivity index (χ1v) is 14.4. The maximum absolute atomic E-state index is 15.0. The second-order valence-electron chi connectivity index (χ2n) is 12.0. The number of halogens is 2. The number of aromatic nitrogens is 5. The summed E-state index contributed by atoms with van der Waals surface area (Å²) in [4.78, 5) is 22.0. The van der Waals surface area contributed by atoms with E-state index in [9.17, 15) is 4.39 Å². The average molecular weight is 579 g/mol. The SMILES string of the molecule is Cc1nc2c(F)cc(-c3nc(Nc4ccc(CN5CCO[C@@](C)(CC(C)N(C)C)C5)cn4)ncc3F)cc2n1C(C)C. The molecule has 1 aliphatic heterocycles. The number of rotatable bonds is 9. The van der Waals surface area contributed by atoms with Gasteiger partial charge in [-0.25, -0.2) is 28.7 Å². The molecule has 5 rings (SSSR count). The number of ether oxygens (including phenoxy) is 1. The van der Waals surface area contributed by atoms with E-state index in [0.717, 1.165) is 37.8 Å². The highest BCUT2D eigenvalue weighted by Crippen LogP contribution is 2.31. The van der Waals surface area contributed by atoms with Gasteiger partial charge in [-0.3, -0.25) is 4.90 Å². The van der Waals surface area contributed by atoms with Gasteiger partial charge in [-0.15, -0.1) is 0 Å². The summed E-state index contributed by atoms with van der Waals surface area (Å²) in [5.74, 6) is 0.213. The Hall–Kier alpha value is -3.54. The molecule has 1 unspecified atom stereocenters. The Morgan fingerprint density at radius 1 is 1.07 bits per heavy atom. The summed E-state index contributed by atoms with van der Waals surface area (Å²) in [6.45, 7) is 13.4. The zero-order valence-electron chi connectivity index (χ0n) is 25.4. The molecular weight excluding hydrogens is 538 g/mol. The van der Waals surface area contributed by atoms with Gasteiger partial charge < -0.3 is 19.5 Å². The third-order valence-electron chi connectivity index (χ3n) is 7.95. The van der Waals surface area contributed by atoms with Crippen molar-refractivity contribution in [1.82, 2.24) is 34.3 Å². The summed E-state index contributed by atoms with van der Waals surface area (Å²) in [7, 11) is 4.19. The first-order valence-electron chi connectivity index (χ1n) is 14.4. The number of nitrogens with zero attached hydrogens (tertiary/aromatic N) is 7. The van der Waals surface area contributed by atoms with Crippen molar-refractivity contribution in [3.63, 3.8) is 0 Å². The lowest BCUT2D eigenvalue weighted by Gasteiger charge is -2.42. The van der Waals surface area contributed by atoms with Gasteiger partial charge >= 0.3 is 0 Å². The van der Waals surface area contributed by atoms with Crippen molar-refractivity contribution in [2.75, 3.05) is 39.1 Å². The normalized spacial score (nSPS) is 18.7. The number of nitrogens with one attached hydrogen (secondary N) is 1. The van der Waals surface area contributed by atoms with Gasteiger partial charge in [0.2, 0.25) is 5.95 Å². The van der Waals surface area contributed by atoms with E-state index in [0.29, 0.717) is 35.4 Å². The smallest absolute Gasteiger partial charge is 0.229 e. The lowest BCUT2D eigenvalue weighted by Crippen LogP contribution is -2.52. The lowest BCUT2D eigenvalue weighted by molar-refractivity contribution is -0.111. The fraction of sp³-hybridized carbons (Fsp3) is 0.484.